The van der Waals surface area contributed by atoms with Crippen molar-refractivity contribution in [1.29, 1.82) is 0 Å². The van der Waals surface area contributed by atoms with Crippen LogP contribution in [-0.4, -0.2) is 43.1 Å². The van der Waals surface area contributed by atoms with E-state index in [1.807, 2.05) is 12.1 Å². The van der Waals surface area contributed by atoms with Crippen LogP contribution >= 0.6 is 0 Å². The van der Waals surface area contributed by atoms with Gasteiger partial charge in [0.2, 0.25) is 0 Å². The van der Waals surface area contributed by atoms with Crippen LogP contribution in [0.2, 0.25) is 0 Å². The molecule has 6 heteroatoms. The molecule has 0 aromatic heterocycles. The number of nitrogens with zero attached hydrogens (tertiary/aromatic N) is 1. The summed E-state index contributed by atoms with van der Waals surface area (Å²) in [5.74, 6) is 2.29. The lowest BCUT2D eigenvalue weighted by molar-refractivity contribution is -0.138. The van der Waals surface area contributed by atoms with Crippen LogP contribution in [0.5, 0.6) is 0 Å². The summed E-state index contributed by atoms with van der Waals surface area (Å²) in [6.07, 6.45) is 7.56. The largest absolute Gasteiger partial charge is 0.463 e. The number of carbonyl (C=O) groups is 2. The number of hydrogen-bond donors (Lipinski definition) is 2. The Morgan fingerprint density at radius 2 is 2.23 bits per heavy atom. The van der Waals surface area contributed by atoms with Gasteiger partial charge in [0.05, 0.1) is 25.3 Å². The monoisotopic (exact) mass is 353 g/mol. The third-order valence-electron chi connectivity index (χ3n) is 4.77. The molecule has 0 bridgehead atoms. The lowest BCUT2D eigenvalue weighted by Crippen LogP contribution is -2.47. The number of urea groups is 1. The van der Waals surface area contributed by atoms with Gasteiger partial charge in [0.1, 0.15) is 0 Å². The van der Waals surface area contributed by atoms with Crippen LogP contribution in [0.1, 0.15) is 30.5 Å². The molecule has 26 heavy (non-hydrogen) atoms. The van der Waals surface area contributed by atoms with Crippen molar-refractivity contribution in [3.05, 3.63) is 46.7 Å². The standard InChI is InChI=1S/C20H23N3O3/c1-3-11-23(18-10-9-14-7-5-6-8-15(14)18)13-17-16(19(24)26-4-2)12-21-20(25)22-17/h1,5-8,18H,4,9-13H2,2H3,(H2,21,22,25). The van der Waals surface area contributed by atoms with E-state index in [1.54, 1.807) is 6.92 Å². The molecule has 1 aliphatic heterocycles. The van der Waals surface area contributed by atoms with Crippen molar-refractivity contribution < 1.29 is 14.3 Å². The minimum Gasteiger partial charge on any atom is -0.463 e. The summed E-state index contributed by atoms with van der Waals surface area (Å²) in [5, 5.41) is 5.38. The Labute approximate surface area is 153 Å². The van der Waals surface area contributed by atoms with Crippen LogP contribution in [0.15, 0.2) is 35.5 Å². The zero-order valence-electron chi connectivity index (χ0n) is 14.9. The zero-order chi connectivity index (χ0) is 18.5. The van der Waals surface area contributed by atoms with Crippen molar-refractivity contribution >= 4 is 12.0 Å². The molecule has 0 saturated carbocycles. The smallest absolute Gasteiger partial charge is 0.337 e. The number of carbonyl (C=O) groups excluding carboxylic acids is 2. The number of benzene rings is 1. The van der Waals surface area contributed by atoms with Crippen LogP contribution in [0, 0.1) is 12.3 Å². The summed E-state index contributed by atoms with van der Waals surface area (Å²) in [7, 11) is 0. The van der Waals surface area contributed by atoms with Crippen molar-refractivity contribution in [2.75, 3.05) is 26.2 Å². The van der Waals surface area contributed by atoms with Gasteiger partial charge in [-0.3, -0.25) is 4.90 Å². The molecule has 0 saturated heterocycles. The second-order valence-electron chi connectivity index (χ2n) is 6.35. The van der Waals surface area contributed by atoms with Gasteiger partial charge >= 0.3 is 12.0 Å². The van der Waals surface area contributed by atoms with E-state index in [0.717, 1.165) is 12.8 Å². The van der Waals surface area contributed by atoms with E-state index in [-0.39, 0.29) is 25.2 Å². The summed E-state index contributed by atoms with van der Waals surface area (Å²) in [5.41, 5.74) is 3.60. The number of fused-ring (bicyclic) bond motifs is 1. The molecule has 0 fully saturated rings. The number of nitrogens with one attached hydrogen (secondary N) is 2. The topological polar surface area (TPSA) is 70.7 Å². The molecule has 1 aromatic rings. The van der Waals surface area contributed by atoms with Gasteiger partial charge in [-0.2, -0.15) is 0 Å². The van der Waals surface area contributed by atoms with Crippen LogP contribution in [0.3, 0.4) is 0 Å². The Morgan fingerprint density at radius 1 is 1.42 bits per heavy atom. The van der Waals surface area contributed by atoms with E-state index in [9.17, 15) is 9.59 Å². The molecule has 1 aliphatic carbocycles. The molecule has 2 amide bonds. The van der Waals surface area contributed by atoms with E-state index >= 15 is 0 Å². The fourth-order valence-corrected chi connectivity index (χ4v) is 3.59. The molecule has 1 aromatic carbocycles. The average Bonchev–Trinajstić information content (AvgIpc) is 3.05. The lowest BCUT2D eigenvalue weighted by Gasteiger charge is -2.31. The Kier molecular flexibility index (Phi) is 5.59. The molecule has 1 atom stereocenters. The van der Waals surface area contributed by atoms with Gasteiger partial charge in [-0.1, -0.05) is 30.2 Å². The van der Waals surface area contributed by atoms with Crippen LogP contribution in [0.25, 0.3) is 0 Å². The minimum atomic E-state index is -0.414. The third-order valence-corrected chi connectivity index (χ3v) is 4.77. The van der Waals surface area contributed by atoms with E-state index in [1.165, 1.54) is 11.1 Å². The zero-order valence-corrected chi connectivity index (χ0v) is 14.9. The van der Waals surface area contributed by atoms with Crippen molar-refractivity contribution in [3.8, 4) is 12.3 Å². The highest BCUT2D eigenvalue weighted by molar-refractivity contribution is 5.93. The van der Waals surface area contributed by atoms with Gasteiger partial charge in [-0.05, 0) is 30.9 Å². The predicted octanol–water partition coefficient (Wildman–Crippen LogP) is 1.74. The van der Waals surface area contributed by atoms with Gasteiger partial charge < -0.3 is 15.4 Å². The first-order chi connectivity index (χ1) is 12.6. The summed E-state index contributed by atoms with van der Waals surface area (Å²) in [6, 6.07) is 8.18. The molecule has 3 rings (SSSR count). The van der Waals surface area contributed by atoms with Gasteiger partial charge in [-0.25, -0.2) is 9.59 Å². The van der Waals surface area contributed by atoms with Crippen molar-refractivity contribution in [1.82, 2.24) is 15.5 Å². The predicted molar refractivity (Wildman–Crippen MR) is 98.1 cm³/mol. The van der Waals surface area contributed by atoms with Crippen LogP contribution in [0.4, 0.5) is 4.79 Å². The maximum atomic E-state index is 12.2. The molecule has 6 nitrogen and oxygen atoms in total. The normalized spacial score (nSPS) is 18.8. The van der Waals surface area contributed by atoms with Crippen LogP contribution < -0.4 is 10.6 Å². The Hall–Kier alpha value is -2.78. The lowest BCUT2D eigenvalue weighted by atomic mass is 10.1. The molecular weight excluding hydrogens is 330 g/mol. The van der Waals surface area contributed by atoms with Gasteiger partial charge in [-0.15, -0.1) is 6.42 Å². The number of terminal acetylenes is 1. The molecule has 1 unspecified atom stereocenters. The van der Waals surface area contributed by atoms with Crippen molar-refractivity contribution in [2.45, 2.75) is 25.8 Å². The number of ether oxygens (including phenoxy) is 1. The molecule has 0 radical (unpaired) electrons. The van der Waals surface area contributed by atoms with Gasteiger partial charge in [0.25, 0.3) is 0 Å². The summed E-state index contributed by atoms with van der Waals surface area (Å²) >= 11 is 0. The maximum Gasteiger partial charge on any atom is 0.337 e. The highest BCUT2D eigenvalue weighted by atomic mass is 16.5. The third kappa shape index (κ3) is 3.73. The molecule has 136 valence electrons. The maximum absolute atomic E-state index is 12.2. The Morgan fingerprint density at radius 3 is 3.00 bits per heavy atom. The Balaban J connectivity index is 1.88. The highest BCUT2D eigenvalue weighted by Gasteiger charge is 2.31. The molecule has 2 aliphatic rings. The van der Waals surface area contributed by atoms with Gasteiger partial charge in [0.15, 0.2) is 0 Å². The quantitative estimate of drug-likeness (QED) is 0.604. The number of rotatable bonds is 6. The highest BCUT2D eigenvalue weighted by Crippen LogP contribution is 2.35. The molecule has 0 spiro atoms. The molecule has 1 heterocycles. The second-order valence-corrected chi connectivity index (χ2v) is 6.35. The van der Waals surface area contributed by atoms with Crippen molar-refractivity contribution in [2.24, 2.45) is 0 Å². The summed E-state index contributed by atoms with van der Waals surface area (Å²) in [6.45, 7) is 3.03. The average molecular weight is 353 g/mol. The van der Waals surface area contributed by atoms with E-state index in [0.29, 0.717) is 24.4 Å². The Bertz CT molecular complexity index is 779. The van der Waals surface area contributed by atoms with E-state index in [2.05, 4.69) is 33.6 Å². The first kappa shape index (κ1) is 18.0. The number of aryl methyl sites for hydroxylation is 1. The fourth-order valence-electron chi connectivity index (χ4n) is 3.59. The summed E-state index contributed by atoms with van der Waals surface area (Å²) < 4.78 is 5.12. The number of esters is 1. The molecular formula is C20H23N3O3. The van der Waals surface area contributed by atoms with E-state index in [4.69, 9.17) is 11.2 Å². The number of amides is 2. The van der Waals surface area contributed by atoms with Crippen LogP contribution in [-0.2, 0) is 16.0 Å². The molecule has 2 N–H and O–H groups in total. The number of hydrogen-bond acceptors (Lipinski definition) is 4. The first-order valence-electron chi connectivity index (χ1n) is 8.83. The van der Waals surface area contributed by atoms with Crippen molar-refractivity contribution in [3.63, 3.8) is 0 Å². The SMILES string of the molecule is C#CCN(CC1=C(C(=O)OCC)CNC(=O)N1)C1CCc2ccccc21. The van der Waals surface area contributed by atoms with E-state index < -0.39 is 5.97 Å². The fraction of sp³-hybridized carbons (Fsp3) is 0.400. The second kappa shape index (κ2) is 8.07. The van der Waals surface area contributed by atoms with Gasteiger partial charge in [0, 0.05) is 18.3 Å². The summed E-state index contributed by atoms with van der Waals surface area (Å²) in [4.78, 5) is 26.2. The first-order valence-corrected chi connectivity index (χ1v) is 8.83. The minimum absolute atomic E-state index is 0.158.